The number of aryl methyl sites for hydroxylation is 2. The van der Waals surface area contributed by atoms with E-state index >= 15 is 0 Å². The lowest BCUT2D eigenvalue weighted by atomic mass is 9.90. The van der Waals surface area contributed by atoms with Crippen LogP contribution in [0.3, 0.4) is 0 Å². The van der Waals surface area contributed by atoms with Gasteiger partial charge in [-0.15, -0.1) is 0 Å². The molecule has 0 bridgehead atoms. The van der Waals surface area contributed by atoms with Gasteiger partial charge in [-0.05, 0) is 62.1 Å². The summed E-state index contributed by atoms with van der Waals surface area (Å²) >= 11 is 0. The standard InChI is InChI=1S/C13H19NO/c1-9-7-11(15)8-10(2)13(9)12-5-3-4-6-14-12/h7-8,12,14-15H,3-6H2,1-2H3. The lowest BCUT2D eigenvalue weighted by molar-refractivity contribution is 0.408. The van der Waals surface area contributed by atoms with E-state index in [0.29, 0.717) is 11.8 Å². The van der Waals surface area contributed by atoms with E-state index in [2.05, 4.69) is 19.2 Å². The van der Waals surface area contributed by atoms with E-state index in [1.165, 1.54) is 36.0 Å². The first-order chi connectivity index (χ1) is 7.18. The highest BCUT2D eigenvalue weighted by atomic mass is 16.3. The Morgan fingerprint density at radius 2 is 1.87 bits per heavy atom. The molecule has 2 nitrogen and oxygen atoms in total. The van der Waals surface area contributed by atoms with Crippen molar-refractivity contribution in [1.29, 1.82) is 0 Å². The second kappa shape index (κ2) is 4.23. The van der Waals surface area contributed by atoms with Gasteiger partial charge in [0.1, 0.15) is 5.75 Å². The first-order valence-electron chi connectivity index (χ1n) is 5.72. The molecule has 82 valence electrons. The Morgan fingerprint density at radius 3 is 2.40 bits per heavy atom. The van der Waals surface area contributed by atoms with Crippen LogP contribution >= 0.6 is 0 Å². The highest BCUT2D eigenvalue weighted by Crippen LogP contribution is 2.30. The largest absolute Gasteiger partial charge is 0.508 e. The van der Waals surface area contributed by atoms with Crippen molar-refractivity contribution < 1.29 is 5.11 Å². The van der Waals surface area contributed by atoms with Crippen molar-refractivity contribution in [3.8, 4) is 5.75 Å². The molecule has 1 unspecified atom stereocenters. The number of hydrogen-bond acceptors (Lipinski definition) is 2. The summed E-state index contributed by atoms with van der Waals surface area (Å²) in [5, 5.41) is 13.1. The van der Waals surface area contributed by atoms with E-state index < -0.39 is 0 Å². The van der Waals surface area contributed by atoms with E-state index in [-0.39, 0.29) is 0 Å². The Kier molecular flexibility index (Phi) is 2.96. The van der Waals surface area contributed by atoms with Gasteiger partial charge in [-0.25, -0.2) is 0 Å². The van der Waals surface area contributed by atoms with Crippen LogP contribution in [0.1, 0.15) is 42.0 Å². The summed E-state index contributed by atoms with van der Waals surface area (Å²) in [5.41, 5.74) is 3.78. The Bertz CT molecular complexity index is 331. The van der Waals surface area contributed by atoms with E-state index in [1.807, 2.05) is 12.1 Å². The minimum Gasteiger partial charge on any atom is -0.508 e. The molecule has 1 aromatic carbocycles. The summed E-state index contributed by atoms with van der Waals surface area (Å²) in [5.74, 6) is 0.379. The molecule has 0 saturated carbocycles. The van der Waals surface area contributed by atoms with Gasteiger partial charge in [-0.1, -0.05) is 6.42 Å². The molecular weight excluding hydrogens is 186 g/mol. The normalized spacial score (nSPS) is 21.6. The average Bonchev–Trinajstić information content (AvgIpc) is 2.17. The third-order valence-corrected chi connectivity index (χ3v) is 3.24. The van der Waals surface area contributed by atoms with Gasteiger partial charge in [-0.3, -0.25) is 0 Å². The first-order valence-corrected chi connectivity index (χ1v) is 5.72. The van der Waals surface area contributed by atoms with Crippen LogP contribution in [0.25, 0.3) is 0 Å². The van der Waals surface area contributed by atoms with Gasteiger partial charge in [0.25, 0.3) is 0 Å². The van der Waals surface area contributed by atoms with Crippen molar-refractivity contribution in [2.45, 2.75) is 39.2 Å². The SMILES string of the molecule is Cc1cc(O)cc(C)c1C1CCCCN1. The Labute approximate surface area is 91.3 Å². The maximum Gasteiger partial charge on any atom is 0.116 e. The Hall–Kier alpha value is -1.02. The lowest BCUT2D eigenvalue weighted by Gasteiger charge is -2.27. The number of piperidine rings is 1. The summed E-state index contributed by atoms with van der Waals surface area (Å²) in [7, 11) is 0. The van der Waals surface area contributed by atoms with E-state index in [0.717, 1.165) is 6.54 Å². The molecule has 1 saturated heterocycles. The van der Waals surface area contributed by atoms with Gasteiger partial charge in [0.05, 0.1) is 0 Å². The summed E-state index contributed by atoms with van der Waals surface area (Å²) in [6, 6.07) is 4.20. The maximum absolute atomic E-state index is 9.50. The van der Waals surface area contributed by atoms with Crippen molar-refractivity contribution in [3.05, 3.63) is 28.8 Å². The molecule has 1 atom stereocenters. The van der Waals surface area contributed by atoms with Gasteiger partial charge >= 0.3 is 0 Å². The van der Waals surface area contributed by atoms with Crippen LogP contribution in [0.5, 0.6) is 5.75 Å². The van der Waals surface area contributed by atoms with Crippen LogP contribution < -0.4 is 5.32 Å². The molecule has 1 aliphatic heterocycles. The zero-order valence-corrected chi connectivity index (χ0v) is 9.51. The van der Waals surface area contributed by atoms with Crippen molar-refractivity contribution in [1.82, 2.24) is 5.32 Å². The Balaban J connectivity index is 2.33. The third kappa shape index (κ3) is 2.15. The molecule has 1 fully saturated rings. The molecule has 0 radical (unpaired) electrons. The topological polar surface area (TPSA) is 32.3 Å². The fourth-order valence-electron chi connectivity index (χ4n) is 2.60. The summed E-state index contributed by atoms with van der Waals surface area (Å²) in [6.45, 7) is 5.28. The molecule has 15 heavy (non-hydrogen) atoms. The highest BCUT2D eigenvalue weighted by molar-refractivity contribution is 5.42. The smallest absolute Gasteiger partial charge is 0.116 e. The molecule has 1 heterocycles. The van der Waals surface area contributed by atoms with Crippen molar-refractivity contribution in [2.75, 3.05) is 6.54 Å². The van der Waals surface area contributed by atoms with Crippen LogP contribution in [0.2, 0.25) is 0 Å². The number of nitrogens with one attached hydrogen (secondary N) is 1. The predicted molar refractivity (Wildman–Crippen MR) is 62.2 cm³/mol. The minimum absolute atomic E-state index is 0.379. The molecular formula is C13H19NO. The molecule has 0 aliphatic carbocycles. The van der Waals surface area contributed by atoms with Crippen molar-refractivity contribution in [2.24, 2.45) is 0 Å². The number of benzene rings is 1. The van der Waals surface area contributed by atoms with Gasteiger partial charge in [0, 0.05) is 6.04 Å². The highest BCUT2D eigenvalue weighted by Gasteiger charge is 2.18. The summed E-state index contributed by atoms with van der Waals surface area (Å²) < 4.78 is 0. The molecule has 0 aromatic heterocycles. The van der Waals surface area contributed by atoms with Crippen molar-refractivity contribution >= 4 is 0 Å². The molecule has 1 aromatic rings. The van der Waals surface area contributed by atoms with E-state index in [1.54, 1.807) is 0 Å². The molecule has 2 heteroatoms. The van der Waals surface area contributed by atoms with Gasteiger partial charge in [0.15, 0.2) is 0 Å². The quantitative estimate of drug-likeness (QED) is 0.739. The monoisotopic (exact) mass is 205 g/mol. The predicted octanol–water partition coefficient (Wildman–Crippen LogP) is 2.82. The molecule has 2 N–H and O–H groups in total. The van der Waals surface area contributed by atoms with E-state index in [4.69, 9.17) is 0 Å². The molecule has 0 amide bonds. The van der Waals surface area contributed by atoms with E-state index in [9.17, 15) is 5.11 Å². The zero-order chi connectivity index (χ0) is 10.8. The maximum atomic E-state index is 9.50. The molecule has 2 rings (SSSR count). The second-order valence-electron chi connectivity index (χ2n) is 4.50. The Morgan fingerprint density at radius 1 is 1.20 bits per heavy atom. The fraction of sp³-hybridized carbons (Fsp3) is 0.538. The summed E-state index contributed by atoms with van der Waals surface area (Å²) in [4.78, 5) is 0. The zero-order valence-electron chi connectivity index (χ0n) is 9.51. The van der Waals surface area contributed by atoms with Crippen molar-refractivity contribution in [3.63, 3.8) is 0 Å². The number of rotatable bonds is 1. The third-order valence-electron chi connectivity index (χ3n) is 3.24. The van der Waals surface area contributed by atoms with Gasteiger partial charge < -0.3 is 10.4 Å². The molecule has 0 spiro atoms. The summed E-state index contributed by atoms with van der Waals surface area (Å²) in [6.07, 6.45) is 3.80. The number of phenols is 1. The number of hydrogen-bond donors (Lipinski definition) is 2. The van der Waals surface area contributed by atoms with Gasteiger partial charge in [-0.2, -0.15) is 0 Å². The minimum atomic E-state index is 0.379. The fourth-order valence-corrected chi connectivity index (χ4v) is 2.60. The number of aromatic hydroxyl groups is 1. The van der Waals surface area contributed by atoms with Gasteiger partial charge in [0.2, 0.25) is 0 Å². The number of phenolic OH excluding ortho intramolecular Hbond substituents is 1. The average molecular weight is 205 g/mol. The van der Waals surface area contributed by atoms with Crippen LogP contribution in [0, 0.1) is 13.8 Å². The van der Waals surface area contributed by atoms with Crippen LogP contribution in [0.4, 0.5) is 0 Å². The van der Waals surface area contributed by atoms with Crippen LogP contribution in [-0.2, 0) is 0 Å². The first kappa shape index (κ1) is 10.5. The van der Waals surface area contributed by atoms with Crippen LogP contribution in [-0.4, -0.2) is 11.7 Å². The molecule has 1 aliphatic rings. The lowest BCUT2D eigenvalue weighted by Crippen LogP contribution is -2.27. The second-order valence-corrected chi connectivity index (χ2v) is 4.50. The van der Waals surface area contributed by atoms with Crippen LogP contribution in [0.15, 0.2) is 12.1 Å².